The number of piperidine rings is 1. The molecule has 0 spiro atoms. The van der Waals surface area contributed by atoms with Gasteiger partial charge in [-0.15, -0.1) is 0 Å². The molecule has 2 rings (SSSR count). The van der Waals surface area contributed by atoms with E-state index in [0.717, 1.165) is 30.7 Å². The number of carbonyl (C=O) groups excluding carboxylic acids is 1. The molecule has 0 radical (unpaired) electrons. The van der Waals surface area contributed by atoms with Crippen LogP contribution in [0.3, 0.4) is 0 Å². The number of benzene rings is 1. The highest BCUT2D eigenvalue weighted by Gasteiger charge is 2.23. The van der Waals surface area contributed by atoms with Crippen molar-refractivity contribution >= 4 is 5.91 Å². The lowest BCUT2D eigenvalue weighted by Gasteiger charge is -2.31. The fraction of sp³-hybridized carbons (Fsp3) is 0.588. The predicted octanol–water partition coefficient (Wildman–Crippen LogP) is 2.45. The van der Waals surface area contributed by atoms with Gasteiger partial charge in [0, 0.05) is 18.5 Å². The van der Waals surface area contributed by atoms with Crippen molar-refractivity contribution in [2.24, 2.45) is 0 Å². The average Bonchev–Trinajstić information content (AvgIpc) is 2.49. The SMILES string of the molecule is COc1cccc(C(C)CC(=O)NC2CCCNC2C)c1. The van der Waals surface area contributed by atoms with Gasteiger partial charge in [0.1, 0.15) is 5.75 Å². The maximum absolute atomic E-state index is 12.2. The van der Waals surface area contributed by atoms with Gasteiger partial charge in [-0.3, -0.25) is 4.79 Å². The number of rotatable bonds is 5. The molecular formula is C17H26N2O2. The molecule has 0 aliphatic carbocycles. The Morgan fingerprint density at radius 3 is 3.05 bits per heavy atom. The van der Waals surface area contributed by atoms with Gasteiger partial charge in [0.2, 0.25) is 5.91 Å². The van der Waals surface area contributed by atoms with Gasteiger partial charge in [0.05, 0.1) is 7.11 Å². The molecule has 0 aromatic heterocycles. The van der Waals surface area contributed by atoms with E-state index in [0.29, 0.717) is 12.5 Å². The van der Waals surface area contributed by atoms with E-state index < -0.39 is 0 Å². The second kappa shape index (κ2) is 7.46. The monoisotopic (exact) mass is 290 g/mol. The number of ether oxygens (including phenoxy) is 1. The maximum atomic E-state index is 12.2. The summed E-state index contributed by atoms with van der Waals surface area (Å²) >= 11 is 0. The van der Waals surface area contributed by atoms with Crippen LogP contribution in [0.4, 0.5) is 0 Å². The van der Waals surface area contributed by atoms with Gasteiger partial charge in [-0.05, 0) is 49.9 Å². The van der Waals surface area contributed by atoms with Crippen molar-refractivity contribution in [1.29, 1.82) is 0 Å². The first kappa shape index (κ1) is 15.8. The second-order valence-electron chi connectivity index (χ2n) is 5.94. The van der Waals surface area contributed by atoms with Crippen LogP contribution in [-0.2, 0) is 4.79 Å². The van der Waals surface area contributed by atoms with Crippen molar-refractivity contribution in [3.05, 3.63) is 29.8 Å². The maximum Gasteiger partial charge on any atom is 0.220 e. The number of carbonyl (C=O) groups is 1. The van der Waals surface area contributed by atoms with Crippen LogP contribution in [0.15, 0.2) is 24.3 Å². The molecular weight excluding hydrogens is 264 g/mol. The first-order valence-corrected chi connectivity index (χ1v) is 7.77. The van der Waals surface area contributed by atoms with Crippen molar-refractivity contribution in [3.63, 3.8) is 0 Å². The zero-order valence-electron chi connectivity index (χ0n) is 13.2. The Morgan fingerprint density at radius 1 is 1.52 bits per heavy atom. The van der Waals surface area contributed by atoms with E-state index in [2.05, 4.69) is 24.5 Å². The van der Waals surface area contributed by atoms with Crippen molar-refractivity contribution in [1.82, 2.24) is 10.6 Å². The summed E-state index contributed by atoms with van der Waals surface area (Å²) in [5.74, 6) is 1.16. The van der Waals surface area contributed by atoms with Crippen molar-refractivity contribution in [2.45, 2.75) is 51.1 Å². The van der Waals surface area contributed by atoms with Gasteiger partial charge in [-0.1, -0.05) is 19.1 Å². The van der Waals surface area contributed by atoms with Crippen molar-refractivity contribution in [2.75, 3.05) is 13.7 Å². The minimum absolute atomic E-state index is 0.130. The molecule has 1 saturated heterocycles. The van der Waals surface area contributed by atoms with E-state index in [9.17, 15) is 4.79 Å². The predicted molar refractivity (Wildman–Crippen MR) is 84.7 cm³/mol. The van der Waals surface area contributed by atoms with Crippen LogP contribution in [-0.4, -0.2) is 31.6 Å². The van der Waals surface area contributed by atoms with Crippen LogP contribution in [0.2, 0.25) is 0 Å². The molecule has 1 heterocycles. The Balaban J connectivity index is 1.89. The first-order chi connectivity index (χ1) is 10.1. The zero-order chi connectivity index (χ0) is 15.2. The van der Waals surface area contributed by atoms with E-state index in [-0.39, 0.29) is 17.9 Å². The Labute approximate surface area is 127 Å². The van der Waals surface area contributed by atoms with E-state index in [1.165, 1.54) is 0 Å². The molecule has 116 valence electrons. The number of amides is 1. The lowest BCUT2D eigenvalue weighted by atomic mass is 9.95. The standard InChI is InChI=1S/C17H26N2O2/c1-12(14-6-4-7-15(11-14)21-3)10-17(20)19-16-8-5-9-18-13(16)2/h4,6-7,11-13,16,18H,5,8-10H2,1-3H3,(H,19,20). The largest absolute Gasteiger partial charge is 0.497 e. The van der Waals surface area contributed by atoms with E-state index in [1.54, 1.807) is 7.11 Å². The van der Waals surface area contributed by atoms with Crippen molar-refractivity contribution < 1.29 is 9.53 Å². The summed E-state index contributed by atoms with van der Waals surface area (Å²) in [4.78, 5) is 12.2. The third kappa shape index (κ3) is 4.46. The fourth-order valence-corrected chi connectivity index (χ4v) is 2.85. The fourth-order valence-electron chi connectivity index (χ4n) is 2.85. The summed E-state index contributed by atoms with van der Waals surface area (Å²) < 4.78 is 5.24. The number of methoxy groups -OCH3 is 1. The second-order valence-corrected chi connectivity index (χ2v) is 5.94. The molecule has 1 amide bonds. The number of hydrogen-bond acceptors (Lipinski definition) is 3. The molecule has 0 bridgehead atoms. The average molecular weight is 290 g/mol. The molecule has 1 fully saturated rings. The molecule has 4 heteroatoms. The first-order valence-electron chi connectivity index (χ1n) is 7.77. The van der Waals surface area contributed by atoms with Crippen LogP contribution in [0, 0.1) is 0 Å². The molecule has 4 nitrogen and oxygen atoms in total. The smallest absolute Gasteiger partial charge is 0.220 e. The lowest BCUT2D eigenvalue weighted by Crippen LogP contribution is -2.52. The Hall–Kier alpha value is -1.55. The van der Waals surface area contributed by atoms with Crippen LogP contribution in [0.25, 0.3) is 0 Å². The van der Waals surface area contributed by atoms with Gasteiger partial charge in [0.25, 0.3) is 0 Å². The highest BCUT2D eigenvalue weighted by atomic mass is 16.5. The highest BCUT2D eigenvalue weighted by Crippen LogP contribution is 2.23. The molecule has 3 atom stereocenters. The molecule has 3 unspecified atom stereocenters. The van der Waals surface area contributed by atoms with E-state index >= 15 is 0 Å². The molecule has 1 aliphatic heterocycles. The van der Waals surface area contributed by atoms with Crippen molar-refractivity contribution in [3.8, 4) is 5.75 Å². The summed E-state index contributed by atoms with van der Waals surface area (Å²) in [6.45, 7) is 5.26. The number of nitrogens with one attached hydrogen (secondary N) is 2. The zero-order valence-corrected chi connectivity index (χ0v) is 13.2. The molecule has 2 N–H and O–H groups in total. The Bertz CT molecular complexity index is 476. The van der Waals surface area contributed by atoms with Gasteiger partial charge in [0.15, 0.2) is 0 Å². The summed E-state index contributed by atoms with van der Waals surface area (Å²) in [5, 5.41) is 6.57. The van der Waals surface area contributed by atoms with Crippen LogP contribution < -0.4 is 15.4 Å². The number of hydrogen-bond donors (Lipinski definition) is 2. The highest BCUT2D eigenvalue weighted by molar-refractivity contribution is 5.77. The van der Waals surface area contributed by atoms with E-state index in [4.69, 9.17) is 4.74 Å². The summed E-state index contributed by atoms with van der Waals surface area (Å²) in [6.07, 6.45) is 2.70. The third-order valence-corrected chi connectivity index (χ3v) is 4.26. The van der Waals surface area contributed by atoms with Crippen LogP contribution >= 0.6 is 0 Å². The van der Waals surface area contributed by atoms with Gasteiger partial charge >= 0.3 is 0 Å². The van der Waals surface area contributed by atoms with Crippen LogP contribution in [0.1, 0.15) is 44.6 Å². The lowest BCUT2D eigenvalue weighted by molar-refractivity contribution is -0.122. The Kier molecular flexibility index (Phi) is 5.62. The minimum atomic E-state index is 0.130. The normalized spacial score (nSPS) is 23.4. The van der Waals surface area contributed by atoms with Gasteiger partial charge < -0.3 is 15.4 Å². The quantitative estimate of drug-likeness (QED) is 0.876. The van der Waals surface area contributed by atoms with Crippen LogP contribution in [0.5, 0.6) is 5.75 Å². The molecule has 1 aliphatic rings. The Morgan fingerprint density at radius 2 is 2.33 bits per heavy atom. The molecule has 0 saturated carbocycles. The topological polar surface area (TPSA) is 50.4 Å². The van der Waals surface area contributed by atoms with Gasteiger partial charge in [-0.25, -0.2) is 0 Å². The summed E-state index contributed by atoms with van der Waals surface area (Å²) in [6, 6.07) is 8.55. The summed E-state index contributed by atoms with van der Waals surface area (Å²) in [7, 11) is 1.66. The third-order valence-electron chi connectivity index (χ3n) is 4.26. The molecule has 1 aromatic carbocycles. The summed E-state index contributed by atoms with van der Waals surface area (Å²) in [5.41, 5.74) is 1.14. The molecule has 1 aromatic rings. The minimum Gasteiger partial charge on any atom is -0.497 e. The molecule has 21 heavy (non-hydrogen) atoms. The van der Waals surface area contributed by atoms with Gasteiger partial charge in [-0.2, -0.15) is 0 Å². The van der Waals surface area contributed by atoms with E-state index in [1.807, 2.05) is 24.3 Å².